The summed E-state index contributed by atoms with van der Waals surface area (Å²) in [5.74, 6) is 3.26. The molecule has 0 heteroatoms. The standard InChI is InChI=1S/C22H22/c1-3-5-6-11-17(4-2)22-20-14-9-7-12-18(20)16-19-13-8-10-15-21(19)22/h2,7-10,12-17H,3,5-6,11H2,1H3. The number of unbranched alkanes of at least 4 members (excludes halogenated alkanes) is 2. The van der Waals surface area contributed by atoms with Crippen molar-refractivity contribution in [2.45, 2.75) is 38.5 Å². The number of terminal acetylenes is 1. The number of hydrogen-bond acceptors (Lipinski definition) is 0. The van der Waals surface area contributed by atoms with Crippen LogP contribution in [0.3, 0.4) is 0 Å². The Balaban J connectivity index is 2.21. The Hall–Kier alpha value is -2.26. The first-order valence-electron chi connectivity index (χ1n) is 8.21. The van der Waals surface area contributed by atoms with Crippen molar-refractivity contribution < 1.29 is 0 Å². The summed E-state index contributed by atoms with van der Waals surface area (Å²) in [7, 11) is 0. The molecule has 110 valence electrons. The highest BCUT2D eigenvalue weighted by atomic mass is 14.2. The maximum Gasteiger partial charge on any atom is 0.0461 e. The monoisotopic (exact) mass is 286 g/mol. The van der Waals surface area contributed by atoms with Crippen LogP contribution in [0.4, 0.5) is 0 Å². The van der Waals surface area contributed by atoms with Gasteiger partial charge in [0.25, 0.3) is 0 Å². The van der Waals surface area contributed by atoms with Gasteiger partial charge in [0.2, 0.25) is 0 Å². The molecule has 0 bridgehead atoms. The summed E-state index contributed by atoms with van der Waals surface area (Å²) >= 11 is 0. The van der Waals surface area contributed by atoms with E-state index in [-0.39, 0.29) is 5.92 Å². The molecule has 0 saturated heterocycles. The fourth-order valence-corrected chi connectivity index (χ4v) is 3.33. The predicted molar refractivity (Wildman–Crippen MR) is 97.2 cm³/mol. The van der Waals surface area contributed by atoms with Crippen molar-refractivity contribution in [3.05, 3.63) is 60.2 Å². The molecule has 0 aliphatic rings. The number of hydrogen-bond donors (Lipinski definition) is 0. The maximum atomic E-state index is 5.92. The second-order valence-electron chi connectivity index (χ2n) is 5.95. The van der Waals surface area contributed by atoms with Crippen molar-refractivity contribution in [2.75, 3.05) is 0 Å². The van der Waals surface area contributed by atoms with Gasteiger partial charge in [0.05, 0.1) is 0 Å². The minimum Gasteiger partial charge on any atom is -0.119 e. The Bertz CT molecular complexity index is 766. The summed E-state index contributed by atoms with van der Waals surface area (Å²) in [5.41, 5.74) is 1.34. The summed E-state index contributed by atoms with van der Waals surface area (Å²) in [6.45, 7) is 2.23. The van der Waals surface area contributed by atoms with Gasteiger partial charge in [-0.1, -0.05) is 80.6 Å². The van der Waals surface area contributed by atoms with Gasteiger partial charge in [-0.25, -0.2) is 0 Å². The van der Waals surface area contributed by atoms with Crippen LogP contribution in [0.25, 0.3) is 21.5 Å². The van der Waals surface area contributed by atoms with Gasteiger partial charge in [-0.05, 0) is 39.6 Å². The van der Waals surface area contributed by atoms with Crippen LogP contribution in [0.2, 0.25) is 0 Å². The SMILES string of the molecule is C#CC(CCCCC)c1c2ccccc2cc2ccccc12. The first kappa shape index (κ1) is 14.7. The smallest absolute Gasteiger partial charge is 0.0461 e. The van der Waals surface area contributed by atoms with Gasteiger partial charge in [-0.15, -0.1) is 6.42 Å². The summed E-state index contributed by atoms with van der Waals surface area (Å²) < 4.78 is 0. The van der Waals surface area contributed by atoms with Gasteiger partial charge in [-0.3, -0.25) is 0 Å². The third-order valence-electron chi connectivity index (χ3n) is 4.46. The van der Waals surface area contributed by atoms with Crippen LogP contribution in [0.5, 0.6) is 0 Å². The molecule has 0 radical (unpaired) electrons. The number of fused-ring (bicyclic) bond motifs is 2. The normalized spacial score (nSPS) is 12.4. The fraction of sp³-hybridized carbons (Fsp3) is 0.273. The van der Waals surface area contributed by atoms with Gasteiger partial charge in [0.15, 0.2) is 0 Å². The molecule has 0 heterocycles. The van der Waals surface area contributed by atoms with Crippen molar-refractivity contribution in [1.29, 1.82) is 0 Å². The minimum absolute atomic E-state index is 0.197. The van der Waals surface area contributed by atoms with Crippen LogP contribution in [-0.2, 0) is 0 Å². The lowest BCUT2D eigenvalue weighted by molar-refractivity contribution is 0.641. The summed E-state index contributed by atoms with van der Waals surface area (Å²) in [6, 6.07) is 19.5. The molecule has 0 aliphatic heterocycles. The molecule has 1 atom stereocenters. The Morgan fingerprint density at radius 2 is 1.50 bits per heavy atom. The second kappa shape index (κ2) is 6.67. The van der Waals surface area contributed by atoms with E-state index in [0.717, 1.165) is 6.42 Å². The molecular weight excluding hydrogens is 264 g/mol. The molecule has 3 rings (SSSR count). The molecule has 0 saturated carbocycles. The van der Waals surface area contributed by atoms with Gasteiger partial charge in [-0.2, -0.15) is 0 Å². The highest BCUT2D eigenvalue weighted by Gasteiger charge is 2.15. The summed E-state index contributed by atoms with van der Waals surface area (Å²) in [6.07, 6.45) is 10.7. The Morgan fingerprint density at radius 1 is 0.909 bits per heavy atom. The van der Waals surface area contributed by atoms with Gasteiger partial charge in [0.1, 0.15) is 0 Å². The molecule has 0 N–H and O–H groups in total. The lowest BCUT2D eigenvalue weighted by Gasteiger charge is -2.17. The zero-order chi connectivity index (χ0) is 15.4. The van der Waals surface area contributed by atoms with Crippen molar-refractivity contribution in [3.63, 3.8) is 0 Å². The molecule has 0 amide bonds. The summed E-state index contributed by atoms with van der Waals surface area (Å²) in [5, 5.41) is 5.18. The van der Waals surface area contributed by atoms with E-state index in [4.69, 9.17) is 6.42 Å². The number of benzene rings is 3. The third kappa shape index (κ3) is 2.72. The van der Waals surface area contributed by atoms with E-state index in [9.17, 15) is 0 Å². The van der Waals surface area contributed by atoms with Gasteiger partial charge >= 0.3 is 0 Å². The average molecular weight is 286 g/mol. The Morgan fingerprint density at radius 3 is 2.05 bits per heavy atom. The van der Waals surface area contributed by atoms with Crippen LogP contribution in [0.1, 0.15) is 44.1 Å². The molecule has 0 aromatic heterocycles. The van der Waals surface area contributed by atoms with Crippen LogP contribution < -0.4 is 0 Å². The molecule has 0 spiro atoms. The molecular formula is C22H22. The second-order valence-corrected chi connectivity index (χ2v) is 5.95. The molecule has 1 unspecified atom stereocenters. The van der Waals surface area contributed by atoms with Gasteiger partial charge < -0.3 is 0 Å². The third-order valence-corrected chi connectivity index (χ3v) is 4.46. The Kier molecular flexibility index (Phi) is 4.45. The zero-order valence-corrected chi connectivity index (χ0v) is 13.2. The van der Waals surface area contributed by atoms with Crippen molar-refractivity contribution in [2.24, 2.45) is 0 Å². The first-order chi connectivity index (χ1) is 10.8. The highest BCUT2D eigenvalue weighted by molar-refractivity contribution is 6.03. The van der Waals surface area contributed by atoms with Crippen molar-refractivity contribution in [3.8, 4) is 12.3 Å². The van der Waals surface area contributed by atoms with Crippen LogP contribution in [-0.4, -0.2) is 0 Å². The van der Waals surface area contributed by atoms with E-state index in [1.54, 1.807) is 0 Å². The van der Waals surface area contributed by atoms with Crippen LogP contribution in [0.15, 0.2) is 54.6 Å². The van der Waals surface area contributed by atoms with E-state index in [1.807, 2.05) is 0 Å². The Labute approximate surface area is 133 Å². The lowest BCUT2D eigenvalue weighted by Crippen LogP contribution is -1.99. The maximum absolute atomic E-state index is 5.92. The average Bonchev–Trinajstić information content (AvgIpc) is 2.57. The number of rotatable bonds is 5. The minimum atomic E-state index is 0.197. The quantitative estimate of drug-likeness (QED) is 0.294. The van der Waals surface area contributed by atoms with E-state index in [1.165, 1.54) is 46.4 Å². The molecule has 0 fully saturated rings. The van der Waals surface area contributed by atoms with E-state index in [2.05, 4.69) is 67.4 Å². The molecule has 22 heavy (non-hydrogen) atoms. The fourth-order valence-electron chi connectivity index (χ4n) is 3.33. The first-order valence-corrected chi connectivity index (χ1v) is 8.21. The van der Waals surface area contributed by atoms with E-state index in [0.29, 0.717) is 0 Å². The van der Waals surface area contributed by atoms with E-state index < -0.39 is 0 Å². The lowest BCUT2D eigenvalue weighted by atomic mass is 9.86. The highest BCUT2D eigenvalue weighted by Crippen LogP contribution is 2.35. The van der Waals surface area contributed by atoms with Crippen LogP contribution >= 0.6 is 0 Å². The van der Waals surface area contributed by atoms with Crippen LogP contribution in [0, 0.1) is 12.3 Å². The van der Waals surface area contributed by atoms with Gasteiger partial charge in [0, 0.05) is 5.92 Å². The largest absolute Gasteiger partial charge is 0.119 e. The summed E-state index contributed by atoms with van der Waals surface area (Å²) in [4.78, 5) is 0. The molecule has 3 aromatic carbocycles. The molecule has 3 aromatic rings. The predicted octanol–water partition coefficient (Wildman–Crippen LogP) is 6.29. The van der Waals surface area contributed by atoms with Crippen molar-refractivity contribution in [1.82, 2.24) is 0 Å². The topological polar surface area (TPSA) is 0 Å². The van der Waals surface area contributed by atoms with Crippen molar-refractivity contribution >= 4 is 21.5 Å². The van der Waals surface area contributed by atoms with E-state index >= 15 is 0 Å². The molecule has 0 nitrogen and oxygen atoms in total. The molecule has 0 aliphatic carbocycles. The zero-order valence-electron chi connectivity index (χ0n) is 13.2.